The van der Waals surface area contributed by atoms with Gasteiger partial charge >= 0.3 is 0 Å². The van der Waals surface area contributed by atoms with Crippen LogP contribution in [0.2, 0.25) is 0 Å². The Morgan fingerprint density at radius 1 is 1.06 bits per heavy atom. The van der Waals surface area contributed by atoms with Crippen molar-refractivity contribution >= 4 is 26.9 Å². The molecule has 0 amide bonds. The summed E-state index contributed by atoms with van der Waals surface area (Å²) in [6.45, 7) is 2.89. The first-order chi connectivity index (χ1) is 15.0. The van der Waals surface area contributed by atoms with Crippen LogP contribution in [-0.4, -0.2) is 51.1 Å². The minimum Gasteiger partial charge on any atom is -0.507 e. The van der Waals surface area contributed by atoms with E-state index in [2.05, 4.69) is 0 Å². The Morgan fingerprint density at radius 2 is 1.77 bits per heavy atom. The monoisotopic (exact) mass is 439 g/mol. The summed E-state index contributed by atoms with van der Waals surface area (Å²) >= 11 is 0. The third-order valence-electron chi connectivity index (χ3n) is 5.76. The first-order valence-electron chi connectivity index (χ1n) is 10.3. The molecule has 31 heavy (non-hydrogen) atoms. The third-order valence-corrected chi connectivity index (χ3v) is 7.33. The Labute approximate surface area is 183 Å². The second-order valence-electron chi connectivity index (χ2n) is 7.73. The second kappa shape index (κ2) is 9.09. The molecular weight excluding hydrogens is 412 g/mol. The standard InChI is InChI=1S/C24H26N2O4S/c1-30-21-9-7-20-8-10-24(27)23(22(20)17-21)18-25-12-14-26(15-13-25)31(28,29)16-11-19-5-3-2-4-6-19/h2-11,16-17,27H,12-15,18H2,1H3/p+1/b16-11+. The summed E-state index contributed by atoms with van der Waals surface area (Å²) in [5.41, 5.74) is 1.73. The summed E-state index contributed by atoms with van der Waals surface area (Å²) in [5.74, 6) is 1.00. The van der Waals surface area contributed by atoms with Gasteiger partial charge in [0.1, 0.15) is 18.0 Å². The molecule has 0 unspecified atom stereocenters. The smallest absolute Gasteiger partial charge is 0.236 e. The lowest BCUT2D eigenvalue weighted by Crippen LogP contribution is -3.13. The number of phenolic OH excluding ortho intramolecular Hbond substituents is 1. The molecule has 0 radical (unpaired) electrons. The molecule has 4 rings (SSSR count). The molecule has 3 aromatic rings. The van der Waals surface area contributed by atoms with Gasteiger partial charge in [0.15, 0.2) is 0 Å². The van der Waals surface area contributed by atoms with Crippen LogP contribution in [0.5, 0.6) is 11.5 Å². The fraction of sp³-hybridized carbons (Fsp3) is 0.250. The number of nitrogens with one attached hydrogen (secondary N) is 1. The summed E-state index contributed by atoms with van der Waals surface area (Å²) in [7, 11) is -1.83. The minimum absolute atomic E-state index is 0.258. The molecule has 7 heteroatoms. The van der Waals surface area contributed by atoms with Crippen molar-refractivity contribution in [2.45, 2.75) is 6.54 Å². The number of piperazine rings is 1. The van der Waals surface area contributed by atoms with Crippen molar-refractivity contribution in [2.24, 2.45) is 0 Å². The number of hydrogen-bond donors (Lipinski definition) is 2. The van der Waals surface area contributed by atoms with Crippen molar-refractivity contribution in [1.82, 2.24) is 4.31 Å². The van der Waals surface area contributed by atoms with Crippen molar-refractivity contribution < 1.29 is 23.2 Å². The number of aromatic hydroxyl groups is 1. The van der Waals surface area contributed by atoms with Crippen molar-refractivity contribution in [2.75, 3.05) is 33.3 Å². The summed E-state index contributed by atoms with van der Waals surface area (Å²) < 4.78 is 32.3. The molecule has 1 fully saturated rings. The predicted octanol–water partition coefficient (Wildman–Crippen LogP) is 2.26. The van der Waals surface area contributed by atoms with E-state index >= 15 is 0 Å². The second-order valence-corrected chi connectivity index (χ2v) is 9.55. The maximum Gasteiger partial charge on any atom is 0.236 e. The zero-order valence-corrected chi connectivity index (χ0v) is 18.3. The lowest BCUT2D eigenvalue weighted by atomic mass is 10.0. The highest BCUT2D eigenvalue weighted by molar-refractivity contribution is 7.92. The minimum atomic E-state index is -3.46. The van der Waals surface area contributed by atoms with E-state index in [0.29, 0.717) is 32.7 Å². The molecule has 0 aliphatic carbocycles. The third kappa shape index (κ3) is 4.90. The van der Waals surface area contributed by atoms with Crippen LogP contribution in [0, 0.1) is 0 Å². The molecule has 1 aliphatic heterocycles. The number of quaternary nitrogens is 1. The average Bonchev–Trinajstić information content (AvgIpc) is 2.80. The van der Waals surface area contributed by atoms with Gasteiger partial charge in [0.2, 0.25) is 10.0 Å². The van der Waals surface area contributed by atoms with Gasteiger partial charge in [-0.25, -0.2) is 8.42 Å². The number of sulfonamides is 1. The van der Waals surface area contributed by atoms with Crippen molar-refractivity contribution in [3.63, 3.8) is 0 Å². The van der Waals surface area contributed by atoms with E-state index in [4.69, 9.17) is 4.74 Å². The van der Waals surface area contributed by atoms with Gasteiger partial charge in [-0.1, -0.05) is 42.5 Å². The number of methoxy groups -OCH3 is 1. The molecule has 3 aromatic carbocycles. The number of phenols is 1. The number of hydrogen-bond acceptors (Lipinski definition) is 4. The topological polar surface area (TPSA) is 71.3 Å². The average molecular weight is 440 g/mol. The van der Waals surface area contributed by atoms with Gasteiger partial charge in [0, 0.05) is 5.41 Å². The normalized spacial score (nSPS) is 16.2. The summed E-state index contributed by atoms with van der Waals surface area (Å²) in [6.07, 6.45) is 1.64. The van der Waals surface area contributed by atoms with Gasteiger partial charge in [-0.05, 0) is 40.6 Å². The van der Waals surface area contributed by atoms with Gasteiger partial charge in [0.25, 0.3) is 0 Å². The van der Waals surface area contributed by atoms with Crippen LogP contribution >= 0.6 is 0 Å². The number of rotatable bonds is 6. The Hall–Kier alpha value is -2.87. The molecule has 0 aromatic heterocycles. The number of ether oxygens (including phenoxy) is 1. The highest BCUT2D eigenvalue weighted by atomic mass is 32.2. The fourth-order valence-corrected chi connectivity index (χ4v) is 5.15. The summed E-state index contributed by atoms with van der Waals surface area (Å²) in [6, 6.07) is 18.9. The number of fused-ring (bicyclic) bond motifs is 1. The Morgan fingerprint density at radius 3 is 2.48 bits per heavy atom. The molecular formula is C24H27N2O4S+. The Bertz CT molecular complexity index is 1180. The zero-order chi connectivity index (χ0) is 21.8. The van der Waals surface area contributed by atoms with Crippen LogP contribution in [-0.2, 0) is 16.6 Å². The first-order valence-corrected chi connectivity index (χ1v) is 11.8. The van der Waals surface area contributed by atoms with E-state index in [1.54, 1.807) is 19.3 Å². The van der Waals surface area contributed by atoms with E-state index < -0.39 is 10.0 Å². The van der Waals surface area contributed by atoms with Gasteiger partial charge in [-0.3, -0.25) is 0 Å². The van der Waals surface area contributed by atoms with E-state index in [-0.39, 0.29) is 5.75 Å². The maximum atomic E-state index is 12.7. The first kappa shape index (κ1) is 21.4. The van der Waals surface area contributed by atoms with E-state index in [9.17, 15) is 13.5 Å². The van der Waals surface area contributed by atoms with Gasteiger partial charge in [0.05, 0.1) is 38.9 Å². The predicted molar refractivity (Wildman–Crippen MR) is 123 cm³/mol. The van der Waals surface area contributed by atoms with Crippen molar-refractivity contribution in [3.8, 4) is 11.5 Å². The molecule has 6 nitrogen and oxygen atoms in total. The molecule has 2 N–H and O–H groups in total. The molecule has 0 atom stereocenters. The fourth-order valence-electron chi connectivity index (χ4n) is 3.96. The van der Waals surface area contributed by atoms with Crippen LogP contribution in [0.1, 0.15) is 11.1 Å². The van der Waals surface area contributed by atoms with Gasteiger partial charge < -0.3 is 14.7 Å². The maximum absolute atomic E-state index is 12.7. The van der Waals surface area contributed by atoms with Gasteiger partial charge in [-0.15, -0.1) is 0 Å². The highest BCUT2D eigenvalue weighted by Gasteiger charge is 2.28. The Balaban J connectivity index is 1.45. The SMILES string of the molecule is COc1ccc2ccc(O)c(C[NH+]3CCN(S(=O)(=O)/C=C/c4ccccc4)CC3)c2c1. The van der Waals surface area contributed by atoms with Crippen LogP contribution in [0.4, 0.5) is 0 Å². The number of nitrogens with zero attached hydrogens (tertiary/aromatic N) is 1. The van der Waals surface area contributed by atoms with E-state index in [1.165, 1.54) is 14.6 Å². The molecule has 1 heterocycles. The summed E-state index contributed by atoms with van der Waals surface area (Å²) in [4.78, 5) is 1.24. The summed E-state index contributed by atoms with van der Waals surface area (Å²) in [5, 5.41) is 13.8. The van der Waals surface area contributed by atoms with Crippen LogP contribution in [0.15, 0.2) is 66.1 Å². The molecule has 162 valence electrons. The molecule has 1 aliphatic rings. The quantitative estimate of drug-likeness (QED) is 0.618. The van der Waals surface area contributed by atoms with Crippen LogP contribution < -0.4 is 9.64 Å². The lowest BCUT2D eigenvalue weighted by molar-refractivity contribution is -0.917. The van der Waals surface area contributed by atoms with Crippen LogP contribution in [0.25, 0.3) is 16.8 Å². The van der Waals surface area contributed by atoms with Crippen molar-refractivity contribution in [1.29, 1.82) is 0 Å². The highest BCUT2D eigenvalue weighted by Crippen LogP contribution is 2.29. The molecule has 0 spiro atoms. The molecule has 0 bridgehead atoms. The zero-order valence-electron chi connectivity index (χ0n) is 17.5. The largest absolute Gasteiger partial charge is 0.507 e. The Kier molecular flexibility index (Phi) is 6.27. The molecule has 0 saturated carbocycles. The lowest BCUT2D eigenvalue weighted by Gasteiger charge is -2.31. The van der Waals surface area contributed by atoms with E-state index in [0.717, 1.165) is 27.6 Å². The number of benzene rings is 3. The van der Waals surface area contributed by atoms with Crippen LogP contribution in [0.3, 0.4) is 0 Å². The van der Waals surface area contributed by atoms with Gasteiger partial charge in [-0.2, -0.15) is 4.31 Å². The molecule has 1 saturated heterocycles. The van der Waals surface area contributed by atoms with Crippen molar-refractivity contribution in [3.05, 3.63) is 77.2 Å². The van der Waals surface area contributed by atoms with E-state index in [1.807, 2.05) is 54.6 Å².